The summed E-state index contributed by atoms with van der Waals surface area (Å²) in [4.78, 5) is 14.5. The number of nitrogens with one attached hydrogen (secondary N) is 2. The number of fused-ring (bicyclic) bond motifs is 1. The molecule has 5 N–H and O–H groups in total. The molecule has 1 aromatic heterocycles. The molecule has 0 unspecified atom stereocenters. The third-order valence-electron chi connectivity index (χ3n) is 2.84. The Kier molecular flexibility index (Phi) is 3.44. The Morgan fingerprint density at radius 1 is 1.47 bits per heavy atom. The van der Waals surface area contributed by atoms with E-state index in [1.807, 2.05) is 25.3 Å². The fraction of sp³-hybridized carbons (Fsp3) is 0.308. The SMILES string of the molecule is C[C@H](Cc1c[nH]c2ccccc12)NC(=O)C[NH3+]. The van der Waals surface area contributed by atoms with Crippen LogP contribution in [0, 0.1) is 0 Å². The van der Waals surface area contributed by atoms with Gasteiger partial charge in [0.05, 0.1) is 0 Å². The summed E-state index contributed by atoms with van der Waals surface area (Å²) < 4.78 is 0. The van der Waals surface area contributed by atoms with Gasteiger partial charge in [0.25, 0.3) is 5.91 Å². The van der Waals surface area contributed by atoms with Crippen LogP contribution < -0.4 is 11.1 Å². The van der Waals surface area contributed by atoms with Gasteiger partial charge in [0.15, 0.2) is 6.54 Å². The first-order valence-corrected chi connectivity index (χ1v) is 5.84. The number of amides is 1. The Hall–Kier alpha value is -1.81. The van der Waals surface area contributed by atoms with Crippen LogP contribution in [0.25, 0.3) is 10.9 Å². The second kappa shape index (κ2) is 5.01. The van der Waals surface area contributed by atoms with Crippen molar-refractivity contribution < 1.29 is 10.5 Å². The van der Waals surface area contributed by atoms with E-state index in [-0.39, 0.29) is 18.5 Å². The zero-order chi connectivity index (χ0) is 12.3. The first-order chi connectivity index (χ1) is 8.20. The molecule has 4 nitrogen and oxygen atoms in total. The van der Waals surface area contributed by atoms with Crippen molar-refractivity contribution in [2.24, 2.45) is 0 Å². The summed E-state index contributed by atoms with van der Waals surface area (Å²) in [7, 11) is 0. The molecule has 0 aliphatic carbocycles. The molecule has 17 heavy (non-hydrogen) atoms. The molecule has 4 heteroatoms. The molecule has 1 amide bonds. The number of aromatic nitrogens is 1. The second-order valence-corrected chi connectivity index (χ2v) is 4.28. The summed E-state index contributed by atoms with van der Waals surface area (Å²) >= 11 is 0. The maximum Gasteiger partial charge on any atom is 0.275 e. The first kappa shape index (κ1) is 11.7. The third kappa shape index (κ3) is 2.65. The number of carbonyl (C=O) groups is 1. The molecule has 0 spiro atoms. The number of para-hydroxylation sites is 1. The number of benzene rings is 1. The standard InChI is InChI=1S/C13H17N3O/c1-9(16-13(17)7-14)6-10-8-15-12-5-3-2-4-11(10)12/h2-5,8-9,15H,6-7,14H2,1H3,(H,16,17)/p+1/t9-/m1/s1. The van der Waals surface area contributed by atoms with E-state index in [0.717, 1.165) is 11.9 Å². The number of H-pyrrole nitrogens is 1. The molecule has 1 atom stereocenters. The normalized spacial score (nSPS) is 12.6. The van der Waals surface area contributed by atoms with Crippen LogP contribution in [0.15, 0.2) is 30.5 Å². The van der Waals surface area contributed by atoms with Crippen molar-refractivity contribution >= 4 is 16.8 Å². The molecule has 90 valence electrons. The van der Waals surface area contributed by atoms with Gasteiger partial charge in [-0.3, -0.25) is 4.79 Å². The van der Waals surface area contributed by atoms with Crippen molar-refractivity contribution in [1.29, 1.82) is 0 Å². The number of aromatic amines is 1. The fourth-order valence-corrected chi connectivity index (χ4v) is 2.03. The summed E-state index contributed by atoms with van der Waals surface area (Å²) in [6.45, 7) is 2.30. The van der Waals surface area contributed by atoms with E-state index in [1.54, 1.807) is 0 Å². The van der Waals surface area contributed by atoms with Gasteiger partial charge in [-0.05, 0) is 25.0 Å². The zero-order valence-corrected chi connectivity index (χ0v) is 9.99. The molecular formula is C13H18N3O+. The van der Waals surface area contributed by atoms with Crippen LogP contribution in [0.4, 0.5) is 0 Å². The van der Waals surface area contributed by atoms with Gasteiger partial charge in [-0.1, -0.05) is 18.2 Å². The lowest BCUT2D eigenvalue weighted by Gasteiger charge is -2.11. The Bertz CT molecular complexity index is 518. The number of rotatable bonds is 4. The highest BCUT2D eigenvalue weighted by Crippen LogP contribution is 2.18. The van der Waals surface area contributed by atoms with Crippen LogP contribution in [0.3, 0.4) is 0 Å². The lowest BCUT2D eigenvalue weighted by atomic mass is 10.1. The highest BCUT2D eigenvalue weighted by Gasteiger charge is 2.10. The Labute approximate surface area is 100 Å². The van der Waals surface area contributed by atoms with Crippen LogP contribution in [0.1, 0.15) is 12.5 Å². The minimum atomic E-state index is -0.00246. The smallest absolute Gasteiger partial charge is 0.275 e. The van der Waals surface area contributed by atoms with Crippen molar-refractivity contribution in [1.82, 2.24) is 10.3 Å². The van der Waals surface area contributed by atoms with E-state index >= 15 is 0 Å². The number of hydrogen-bond acceptors (Lipinski definition) is 1. The minimum absolute atomic E-state index is 0.00246. The van der Waals surface area contributed by atoms with Crippen molar-refractivity contribution in [2.45, 2.75) is 19.4 Å². The van der Waals surface area contributed by atoms with Gasteiger partial charge < -0.3 is 16.0 Å². The largest absolute Gasteiger partial charge is 0.361 e. The average molecular weight is 232 g/mol. The molecule has 1 heterocycles. The van der Waals surface area contributed by atoms with Gasteiger partial charge in [-0.25, -0.2) is 0 Å². The minimum Gasteiger partial charge on any atom is -0.361 e. The van der Waals surface area contributed by atoms with Crippen LogP contribution in [-0.2, 0) is 11.2 Å². The predicted molar refractivity (Wildman–Crippen MR) is 67.4 cm³/mol. The zero-order valence-electron chi connectivity index (χ0n) is 9.99. The van der Waals surface area contributed by atoms with E-state index in [9.17, 15) is 4.79 Å². The Morgan fingerprint density at radius 2 is 2.24 bits per heavy atom. The fourth-order valence-electron chi connectivity index (χ4n) is 2.03. The predicted octanol–water partition coefficient (Wildman–Crippen LogP) is 0.457. The lowest BCUT2D eigenvalue weighted by Crippen LogP contribution is -2.58. The van der Waals surface area contributed by atoms with Crippen LogP contribution in [0.5, 0.6) is 0 Å². The van der Waals surface area contributed by atoms with Crippen molar-refractivity contribution in [2.75, 3.05) is 6.54 Å². The van der Waals surface area contributed by atoms with E-state index in [0.29, 0.717) is 0 Å². The van der Waals surface area contributed by atoms with E-state index < -0.39 is 0 Å². The van der Waals surface area contributed by atoms with Gasteiger partial charge >= 0.3 is 0 Å². The quantitative estimate of drug-likeness (QED) is 0.704. The molecule has 0 bridgehead atoms. The molecular weight excluding hydrogens is 214 g/mol. The van der Waals surface area contributed by atoms with Crippen LogP contribution in [0.2, 0.25) is 0 Å². The van der Waals surface area contributed by atoms with Gasteiger partial charge in [0.1, 0.15) is 0 Å². The molecule has 0 radical (unpaired) electrons. The second-order valence-electron chi connectivity index (χ2n) is 4.28. The monoisotopic (exact) mass is 232 g/mol. The third-order valence-corrected chi connectivity index (χ3v) is 2.84. The molecule has 0 fully saturated rings. The number of carbonyl (C=O) groups excluding carboxylic acids is 1. The maximum atomic E-state index is 11.2. The van der Waals surface area contributed by atoms with E-state index in [2.05, 4.69) is 28.2 Å². The van der Waals surface area contributed by atoms with Gasteiger partial charge in [0, 0.05) is 23.1 Å². The van der Waals surface area contributed by atoms with Crippen molar-refractivity contribution in [3.8, 4) is 0 Å². The Morgan fingerprint density at radius 3 is 3.00 bits per heavy atom. The molecule has 2 rings (SSSR count). The van der Waals surface area contributed by atoms with Crippen molar-refractivity contribution in [3.05, 3.63) is 36.0 Å². The van der Waals surface area contributed by atoms with Crippen molar-refractivity contribution in [3.63, 3.8) is 0 Å². The first-order valence-electron chi connectivity index (χ1n) is 5.84. The van der Waals surface area contributed by atoms with E-state index in [4.69, 9.17) is 0 Å². The summed E-state index contributed by atoms with van der Waals surface area (Å²) in [5.74, 6) is -0.00246. The summed E-state index contributed by atoms with van der Waals surface area (Å²) in [6.07, 6.45) is 2.84. The van der Waals surface area contributed by atoms with Gasteiger partial charge in [-0.2, -0.15) is 0 Å². The van der Waals surface area contributed by atoms with Crippen LogP contribution >= 0.6 is 0 Å². The lowest BCUT2D eigenvalue weighted by molar-refractivity contribution is -0.355. The van der Waals surface area contributed by atoms with Crippen LogP contribution in [-0.4, -0.2) is 23.5 Å². The highest BCUT2D eigenvalue weighted by molar-refractivity contribution is 5.83. The van der Waals surface area contributed by atoms with E-state index in [1.165, 1.54) is 10.9 Å². The number of hydrogen-bond donors (Lipinski definition) is 3. The highest BCUT2D eigenvalue weighted by atomic mass is 16.1. The topological polar surface area (TPSA) is 72.5 Å². The number of quaternary nitrogens is 1. The van der Waals surface area contributed by atoms with Gasteiger partial charge in [0.2, 0.25) is 0 Å². The molecule has 2 aromatic rings. The Balaban J connectivity index is 2.10. The molecule has 0 aliphatic heterocycles. The van der Waals surface area contributed by atoms with Gasteiger partial charge in [-0.15, -0.1) is 0 Å². The summed E-state index contributed by atoms with van der Waals surface area (Å²) in [5.41, 5.74) is 5.94. The maximum absolute atomic E-state index is 11.2. The molecule has 0 saturated carbocycles. The molecule has 0 aliphatic rings. The molecule has 1 aromatic carbocycles. The summed E-state index contributed by atoms with van der Waals surface area (Å²) in [5, 5.41) is 4.14. The summed E-state index contributed by atoms with van der Waals surface area (Å²) in [6, 6.07) is 8.31. The molecule has 0 saturated heterocycles. The average Bonchev–Trinajstić information content (AvgIpc) is 2.72.